The molecule has 1 aliphatic carbocycles. The van der Waals surface area contributed by atoms with Gasteiger partial charge in [0.15, 0.2) is 0 Å². The first-order valence-corrected chi connectivity index (χ1v) is 11.1. The zero-order chi connectivity index (χ0) is 22.3. The minimum absolute atomic E-state index is 0.137. The third-order valence-electron chi connectivity index (χ3n) is 6.71. The second-order valence-corrected chi connectivity index (χ2v) is 8.91. The van der Waals surface area contributed by atoms with Gasteiger partial charge in [-0.1, -0.05) is 25.0 Å². The van der Waals surface area contributed by atoms with Crippen LogP contribution in [0.1, 0.15) is 48.7 Å². The lowest BCUT2D eigenvalue weighted by atomic mass is 9.93. The Kier molecular flexibility index (Phi) is 5.12. The van der Waals surface area contributed by atoms with E-state index in [2.05, 4.69) is 5.32 Å². The van der Waals surface area contributed by atoms with E-state index in [0.29, 0.717) is 18.0 Å². The molecule has 1 saturated carbocycles. The van der Waals surface area contributed by atoms with Crippen molar-refractivity contribution in [2.75, 3.05) is 0 Å². The van der Waals surface area contributed by atoms with Gasteiger partial charge in [-0.05, 0) is 61.7 Å². The van der Waals surface area contributed by atoms with Gasteiger partial charge in [0.2, 0.25) is 5.91 Å². The number of amides is 2. The van der Waals surface area contributed by atoms with Gasteiger partial charge in [0, 0.05) is 12.6 Å². The molecular weight excluding hydrogens is 409 g/mol. The number of benzene rings is 1. The van der Waals surface area contributed by atoms with E-state index in [1.807, 2.05) is 23.6 Å². The fraction of sp³-hybridized carbons (Fsp3) is 0.360. The van der Waals surface area contributed by atoms with Crippen LogP contribution in [0.25, 0.3) is 11.5 Å². The van der Waals surface area contributed by atoms with E-state index in [1.165, 1.54) is 12.1 Å². The molecule has 1 atom stereocenters. The Morgan fingerprint density at radius 2 is 1.84 bits per heavy atom. The zero-order valence-corrected chi connectivity index (χ0v) is 18.0. The number of halogens is 1. The van der Waals surface area contributed by atoms with Crippen LogP contribution in [0.15, 0.2) is 59.2 Å². The number of fused-ring (bicyclic) bond motifs is 1. The van der Waals surface area contributed by atoms with Gasteiger partial charge in [-0.15, -0.1) is 0 Å². The molecule has 7 heteroatoms. The van der Waals surface area contributed by atoms with Gasteiger partial charge < -0.3 is 19.2 Å². The lowest BCUT2D eigenvalue weighted by molar-refractivity contribution is -0.133. The highest BCUT2D eigenvalue weighted by atomic mass is 19.1. The molecule has 1 aliphatic heterocycles. The highest BCUT2D eigenvalue weighted by Crippen LogP contribution is 2.34. The Morgan fingerprint density at radius 1 is 1.12 bits per heavy atom. The smallest absolute Gasteiger partial charge is 0.271 e. The largest absolute Gasteiger partial charge is 0.463 e. The molecule has 0 bridgehead atoms. The second-order valence-electron chi connectivity index (χ2n) is 8.91. The van der Waals surface area contributed by atoms with Crippen molar-refractivity contribution in [1.29, 1.82) is 0 Å². The monoisotopic (exact) mass is 435 g/mol. The van der Waals surface area contributed by atoms with Crippen LogP contribution in [0, 0.1) is 5.82 Å². The average molecular weight is 435 g/mol. The summed E-state index contributed by atoms with van der Waals surface area (Å²) in [5.74, 6) is -0.0842. The molecule has 0 saturated heterocycles. The average Bonchev–Trinajstić information content (AvgIpc) is 3.54. The van der Waals surface area contributed by atoms with Crippen molar-refractivity contribution >= 4 is 11.8 Å². The van der Waals surface area contributed by atoms with E-state index in [-0.39, 0.29) is 30.2 Å². The summed E-state index contributed by atoms with van der Waals surface area (Å²) in [5, 5.41) is 3.18. The molecule has 32 heavy (non-hydrogen) atoms. The summed E-state index contributed by atoms with van der Waals surface area (Å²) in [6.45, 7) is 2.33. The van der Waals surface area contributed by atoms with Gasteiger partial charge in [0.05, 0.1) is 18.5 Å². The van der Waals surface area contributed by atoms with Crippen molar-refractivity contribution in [3.63, 3.8) is 0 Å². The Morgan fingerprint density at radius 3 is 2.53 bits per heavy atom. The van der Waals surface area contributed by atoms with Crippen LogP contribution in [0.2, 0.25) is 0 Å². The van der Waals surface area contributed by atoms with E-state index in [9.17, 15) is 14.0 Å². The summed E-state index contributed by atoms with van der Waals surface area (Å²) in [6.07, 6.45) is 5.71. The molecule has 3 heterocycles. The topological polar surface area (TPSA) is 67.5 Å². The van der Waals surface area contributed by atoms with E-state index < -0.39 is 5.54 Å². The summed E-state index contributed by atoms with van der Waals surface area (Å²) in [4.78, 5) is 28.9. The Hall–Kier alpha value is -3.35. The molecule has 1 N–H and O–H groups in total. The molecule has 2 aliphatic rings. The highest BCUT2D eigenvalue weighted by Gasteiger charge is 2.48. The van der Waals surface area contributed by atoms with Crippen LogP contribution in [0.3, 0.4) is 0 Å². The number of carbonyl (C=O) groups excluding carboxylic acids is 2. The number of furan rings is 1. The molecule has 6 nitrogen and oxygen atoms in total. The van der Waals surface area contributed by atoms with E-state index >= 15 is 0 Å². The van der Waals surface area contributed by atoms with Crippen LogP contribution >= 0.6 is 0 Å². The number of carbonyl (C=O) groups is 2. The first-order chi connectivity index (χ1) is 15.5. The maximum absolute atomic E-state index is 13.6. The fourth-order valence-electron chi connectivity index (χ4n) is 4.84. The molecule has 0 spiro atoms. The number of nitrogens with zero attached hydrogens (tertiary/aromatic N) is 2. The quantitative estimate of drug-likeness (QED) is 0.648. The Balaban J connectivity index is 1.54. The third-order valence-corrected chi connectivity index (χ3v) is 6.71. The Bertz CT molecular complexity index is 1130. The molecule has 1 fully saturated rings. The van der Waals surface area contributed by atoms with Gasteiger partial charge in [-0.3, -0.25) is 9.59 Å². The summed E-state index contributed by atoms with van der Waals surface area (Å²) in [5.41, 5.74) is 0.928. The fourth-order valence-corrected chi connectivity index (χ4v) is 4.84. The molecular formula is C25H26FN3O3. The van der Waals surface area contributed by atoms with Crippen LogP contribution in [0.4, 0.5) is 4.39 Å². The first-order valence-electron chi connectivity index (χ1n) is 11.1. The predicted octanol–water partition coefficient (Wildman–Crippen LogP) is 4.36. The van der Waals surface area contributed by atoms with Gasteiger partial charge >= 0.3 is 0 Å². The van der Waals surface area contributed by atoms with Gasteiger partial charge in [0.1, 0.15) is 22.8 Å². The first kappa shape index (κ1) is 20.5. The molecule has 1 aromatic carbocycles. The molecule has 5 rings (SSSR count). The molecule has 3 aromatic rings. The van der Waals surface area contributed by atoms with Crippen LogP contribution < -0.4 is 5.32 Å². The minimum Gasteiger partial charge on any atom is -0.463 e. The normalized spacial score (nSPS) is 21.1. The lowest BCUT2D eigenvalue weighted by Crippen LogP contribution is -2.64. The summed E-state index contributed by atoms with van der Waals surface area (Å²) in [7, 11) is 0. The number of rotatable bonds is 5. The van der Waals surface area contributed by atoms with E-state index in [1.54, 1.807) is 35.4 Å². The van der Waals surface area contributed by atoms with Crippen molar-refractivity contribution in [2.45, 2.75) is 57.3 Å². The summed E-state index contributed by atoms with van der Waals surface area (Å²) in [6, 6.07) is 13.4. The van der Waals surface area contributed by atoms with Crippen molar-refractivity contribution in [1.82, 2.24) is 14.8 Å². The van der Waals surface area contributed by atoms with Gasteiger partial charge in [-0.25, -0.2) is 4.39 Å². The van der Waals surface area contributed by atoms with Gasteiger partial charge in [-0.2, -0.15) is 0 Å². The number of nitrogens with one attached hydrogen (secondary N) is 1. The molecule has 2 aromatic heterocycles. The molecule has 2 amide bonds. The van der Waals surface area contributed by atoms with Crippen molar-refractivity contribution in [2.24, 2.45) is 0 Å². The second kappa shape index (κ2) is 7.97. The van der Waals surface area contributed by atoms with Crippen LogP contribution in [0.5, 0.6) is 0 Å². The summed E-state index contributed by atoms with van der Waals surface area (Å²) < 4.78 is 20.9. The minimum atomic E-state index is -1.11. The molecule has 0 unspecified atom stereocenters. The highest BCUT2D eigenvalue weighted by molar-refractivity contribution is 6.00. The van der Waals surface area contributed by atoms with Crippen LogP contribution in [-0.4, -0.2) is 32.9 Å². The van der Waals surface area contributed by atoms with Crippen molar-refractivity contribution in [3.05, 3.63) is 71.9 Å². The van der Waals surface area contributed by atoms with Gasteiger partial charge in [0.25, 0.3) is 5.91 Å². The maximum atomic E-state index is 13.6. The maximum Gasteiger partial charge on any atom is 0.271 e. The molecule has 166 valence electrons. The number of hydrogen-bond donors (Lipinski definition) is 1. The van der Waals surface area contributed by atoms with Crippen molar-refractivity contribution in [3.8, 4) is 11.5 Å². The molecule has 0 radical (unpaired) electrons. The van der Waals surface area contributed by atoms with Crippen molar-refractivity contribution < 1.29 is 18.4 Å². The lowest BCUT2D eigenvalue weighted by Gasteiger charge is -2.44. The van der Waals surface area contributed by atoms with E-state index in [4.69, 9.17) is 4.42 Å². The SMILES string of the molecule is C[C@@]1(C(=O)NC2CCCC2)Cn2c(ccc2-c2ccco2)C(=O)N1Cc1ccc(F)cc1. The standard InChI is InChI=1S/C25H26FN3O3/c1-25(24(31)27-19-5-2-3-6-19)16-28-20(22-7-4-14-32-22)12-13-21(28)23(30)29(25)15-17-8-10-18(26)11-9-17/h4,7-14,19H,2-3,5-6,15-16H2,1H3,(H,27,31)/t25-/m0/s1. The predicted molar refractivity (Wildman–Crippen MR) is 117 cm³/mol. The number of aromatic nitrogens is 1. The van der Waals surface area contributed by atoms with Crippen LogP contribution in [-0.2, 0) is 17.9 Å². The van der Waals surface area contributed by atoms with E-state index in [0.717, 1.165) is 36.9 Å². The Labute approximate surface area is 186 Å². The third kappa shape index (κ3) is 3.51. The zero-order valence-electron chi connectivity index (χ0n) is 18.0. The number of hydrogen-bond acceptors (Lipinski definition) is 3. The summed E-state index contributed by atoms with van der Waals surface area (Å²) >= 11 is 0.